The molecule has 1 N–H and O–H groups in total. The van der Waals surface area contributed by atoms with Crippen molar-refractivity contribution in [2.24, 2.45) is 0 Å². The minimum absolute atomic E-state index is 0.263. The summed E-state index contributed by atoms with van der Waals surface area (Å²) in [5.41, 5.74) is 0.546. The van der Waals surface area contributed by atoms with Gasteiger partial charge in [-0.2, -0.15) is 0 Å². The Hall–Kier alpha value is -0.970. The van der Waals surface area contributed by atoms with E-state index in [4.69, 9.17) is 34.8 Å². The zero-order chi connectivity index (χ0) is 13.1. The van der Waals surface area contributed by atoms with Gasteiger partial charge in [0.2, 0.25) is 3.79 Å². The Morgan fingerprint density at radius 3 is 2.35 bits per heavy atom. The highest BCUT2D eigenvalue weighted by Gasteiger charge is 2.26. The summed E-state index contributed by atoms with van der Waals surface area (Å²) >= 11 is 17.2. The number of amides is 1. The van der Waals surface area contributed by atoms with Crippen LogP contribution in [0.2, 0.25) is 0 Å². The molecule has 17 heavy (non-hydrogen) atoms. The van der Waals surface area contributed by atoms with Crippen molar-refractivity contribution in [1.82, 2.24) is 0 Å². The number of carbonyl (C=O) groups excluding carboxylic acids is 2. The van der Waals surface area contributed by atoms with Gasteiger partial charge in [0.15, 0.2) is 0 Å². The van der Waals surface area contributed by atoms with E-state index in [1.165, 1.54) is 12.1 Å². The predicted molar refractivity (Wildman–Crippen MR) is 66.5 cm³/mol. The van der Waals surface area contributed by atoms with Crippen LogP contribution in [-0.2, 0) is 13.3 Å². The number of halogens is 3. The van der Waals surface area contributed by atoms with Crippen molar-refractivity contribution in [2.75, 3.05) is 5.32 Å². The third kappa shape index (κ3) is 4.42. The standard InChI is InChI=1S/C10H8Cl3NO3/c1-6(15)17-9(16)14-8-5-3-2-4-7(8)10(11,12)13/h2-5H,1H3,(H,14,16). The Balaban J connectivity index is 2.92. The number of alkyl halides is 3. The van der Waals surface area contributed by atoms with Gasteiger partial charge in [-0.1, -0.05) is 53.0 Å². The molecule has 92 valence electrons. The van der Waals surface area contributed by atoms with Crippen LogP contribution >= 0.6 is 34.8 Å². The lowest BCUT2D eigenvalue weighted by Crippen LogP contribution is -2.18. The van der Waals surface area contributed by atoms with Gasteiger partial charge in [0.1, 0.15) is 0 Å². The van der Waals surface area contributed by atoms with Gasteiger partial charge < -0.3 is 4.74 Å². The summed E-state index contributed by atoms with van der Waals surface area (Å²) in [7, 11) is 0. The van der Waals surface area contributed by atoms with Crippen molar-refractivity contribution < 1.29 is 14.3 Å². The van der Waals surface area contributed by atoms with Gasteiger partial charge in [0, 0.05) is 12.5 Å². The number of hydrogen-bond acceptors (Lipinski definition) is 3. The second-order valence-electron chi connectivity index (χ2n) is 3.05. The van der Waals surface area contributed by atoms with Gasteiger partial charge in [-0.15, -0.1) is 0 Å². The largest absolute Gasteiger partial charge is 0.419 e. The van der Waals surface area contributed by atoms with Gasteiger partial charge in [0.25, 0.3) is 0 Å². The zero-order valence-corrected chi connectivity index (χ0v) is 10.9. The molecule has 7 heteroatoms. The molecule has 0 aliphatic heterocycles. The Labute approximate surface area is 113 Å². The van der Waals surface area contributed by atoms with Gasteiger partial charge in [-0.3, -0.25) is 10.1 Å². The van der Waals surface area contributed by atoms with Crippen LogP contribution in [0.1, 0.15) is 12.5 Å². The summed E-state index contributed by atoms with van der Waals surface area (Å²) in [5.74, 6) is -0.728. The molecule has 1 amide bonds. The highest BCUT2D eigenvalue weighted by atomic mass is 35.6. The number of carbonyl (C=O) groups is 2. The molecule has 0 aromatic heterocycles. The van der Waals surface area contributed by atoms with E-state index in [2.05, 4.69) is 10.1 Å². The van der Waals surface area contributed by atoms with E-state index in [-0.39, 0.29) is 11.3 Å². The second-order valence-corrected chi connectivity index (χ2v) is 5.33. The molecule has 4 nitrogen and oxygen atoms in total. The molecule has 0 saturated carbocycles. The van der Waals surface area contributed by atoms with Gasteiger partial charge in [-0.25, -0.2) is 4.79 Å². The highest BCUT2D eigenvalue weighted by molar-refractivity contribution is 6.67. The number of para-hydroxylation sites is 1. The zero-order valence-electron chi connectivity index (χ0n) is 8.67. The molecule has 1 aromatic rings. The van der Waals surface area contributed by atoms with E-state index in [0.29, 0.717) is 0 Å². The molecule has 0 fully saturated rings. The summed E-state index contributed by atoms with van der Waals surface area (Å²) in [4.78, 5) is 21.8. The number of rotatable bonds is 1. The molecule has 0 unspecified atom stereocenters. The van der Waals surface area contributed by atoms with Crippen LogP contribution in [-0.4, -0.2) is 12.1 Å². The predicted octanol–water partition coefficient (Wildman–Crippen LogP) is 3.61. The van der Waals surface area contributed by atoms with E-state index in [1.54, 1.807) is 12.1 Å². The maximum absolute atomic E-state index is 11.2. The number of benzene rings is 1. The molecular formula is C10H8Cl3NO3. The van der Waals surface area contributed by atoms with Crippen LogP contribution in [0, 0.1) is 0 Å². The molecule has 0 aliphatic rings. The number of anilines is 1. The first-order valence-corrected chi connectivity index (χ1v) is 5.59. The lowest BCUT2D eigenvalue weighted by molar-refractivity contribution is -0.134. The second kappa shape index (κ2) is 5.58. The topological polar surface area (TPSA) is 55.4 Å². The molecule has 0 aliphatic carbocycles. The van der Waals surface area contributed by atoms with Crippen molar-refractivity contribution >= 4 is 52.6 Å². The first kappa shape index (κ1) is 14.1. The fourth-order valence-electron chi connectivity index (χ4n) is 1.11. The highest BCUT2D eigenvalue weighted by Crippen LogP contribution is 2.41. The number of ether oxygens (including phenoxy) is 1. The normalized spacial score (nSPS) is 10.8. The third-order valence-corrected chi connectivity index (χ3v) is 2.32. The van der Waals surface area contributed by atoms with Crippen molar-refractivity contribution in [2.45, 2.75) is 10.7 Å². The van der Waals surface area contributed by atoms with Crippen LogP contribution < -0.4 is 5.32 Å². The molecule has 0 radical (unpaired) electrons. The minimum Gasteiger partial charge on any atom is -0.376 e. The van der Waals surface area contributed by atoms with Crippen molar-refractivity contribution in [3.05, 3.63) is 29.8 Å². The van der Waals surface area contributed by atoms with E-state index in [1.807, 2.05) is 0 Å². The minimum atomic E-state index is -1.68. The Morgan fingerprint density at radius 1 is 1.24 bits per heavy atom. The molecule has 0 atom stereocenters. The molecule has 0 bridgehead atoms. The molecule has 1 rings (SSSR count). The lowest BCUT2D eigenvalue weighted by atomic mass is 10.2. The molecule has 1 aromatic carbocycles. The first-order chi connectivity index (χ1) is 7.80. The average Bonchev–Trinajstić information content (AvgIpc) is 2.15. The van der Waals surface area contributed by atoms with E-state index < -0.39 is 15.9 Å². The van der Waals surface area contributed by atoms with Crippen LogP contribution in [0.25, 0.3) is 0 Å². The lowest BCUT2D eigenvalue weighted by Gasteiger charge is -2.16. The number of hydrogen-bond donors (Lipinski definition) is 1. The SMILES string of the molecule is CC(=O)OC(=O)Nc1ccccc1C(Cl)(Cl)Cl. The summed E-state index contributed by atoms with van der Waals surface area (Å²) in [6, 6.07) is 6.36. The summed E-state index contributed by atoms with van der Waals surface area (Å²) in [6.07, 6.45) is -0.931. The van der Waals surface area contributed by atoms with Crippen molar-refractivity contribution in [3.8, 4) is 0 Å². The van der Waals surface area contributed by atoms with Crippen molar-refractivity contribution in [3.63, 3.8) is 0 Å². The maximum Gasteiger partial charge on any atom is 0.419 e. The Morgan fingerprint density at radius 2 is 1.82 bits per heavy atom. The Kier molecular flexibility index (Phi) is 4.62. The fraction of sp³-hybridized carbons (Fsp3) is 0.200. The summed E-state index contributed by atoms with van der Waals surface area (Å²) < 4.78 is 2.62. The molecular weight excluding hydrogens is 288 g/mol. The summed E-state index contributed by atoms with van der Waals surface area (Å²) in [6.45, 7) is 1.11. The third-order valence-electron chi connectivity index (χ3n) is 1.71. The van der Waals surface area contributed by atoms with Crippen LogP contribution in [0.5, 0.6) is 0 Å². The van der Waals surface area contributed by atoms with E-state index in [9.17, 15) is 9.59 Å². The Bertz CT molecular complexity index is 443. The van der Waals surface area contributed by atoms with Gasteiger partial charge >= 0.3 is 12.1 Å². The van der Waals surface area contributed by atoms with Crippen LogP contribution in [0.4, 0.5) is 10.5 Å². The monoisotopic (exact) mass is 295 g/mol. The maximum atomic E-state index is 11.2. The molecule has 0 spiro atoms. The first-order valence-electron chi connectivity index (χ1n) is 4.46. The van der Waals surface area contributed by atoms with Gasteiger partial charge in [0.05, 0.1) is 5.69 Å². The van der Waals surface area contributed by atoms with E-state index in [0.717, 1.165) is 6.92 Å². The molecule has 0 heterocycles. The number of esters is 1. The van der Waals surface area contributed by atoms with Crippen LogP contribution in [0.15, 0.2) is 24.3 Å². The van der Waals surface area contributed by atoms with Gasteiger partial charge in [-0.05, 0) is 6.07 Å². The smallest absolute Gasteiger partial charge is 0.376 e. The van der Waals surface area contributed by atoms with Crippen LogP contribution in [0.3, 0.4) is 0 Å². The average molecular weight is 297 g/mol. The molecule has 0 saturated heterocycles. The van der Waals surface area contributed by atoms with E-state index >= 15 is 0 Å². The van der Waals surface area contributed by atoms with Crippen molar-refractivity contribution in [1.29, 1.82) is 0 Å². The quantitative estimate of drug-likeness (QED) is 0.489. The number of nitrogens with one attached hydrogen (secondary N) is 1. The fourth-order valence-corrected chi connectivity index (χ4v) is 1.60. The summed E-state index contributed by atoms with van der Waals surface area (Å²) in [5, 5.41) is 2.31.